The normalized spacial score (nSPS) is 14.6. The van der Waals surface area contributed by atoms with Gasteiger partial charge in [-0.05, 0) is 55.7 Å². The maximum atomic E-state index is 13.2. The van der Waals surface area contributed by atoms with Crippen LogP contribution in [0.5, 0.6) is 0 Å². The Morgan fingerprint density at radius 3 is 2.52 bits per heavy atom. The number of amides is 2. The van der Waals surface area contributed by atoms with Gasteiger partial charge in [0.05, 0.1) is 34.7 Å². The third-order valence-corrected chi connectivity index (χ3v) is 5.49. The second-order valence-electron chi connectivity index (χ2n) is 8.18. The van der Waals surface area contributed by atoms with E-state index in [0.717, 1.165) is 30.5 Å². The van der Waals surface area contributed by atoms with E-state index < -0.39 is 11.7 Å². The van der Waals surface area contributed by atoms with E-state index in [1.54, 1.807) is 24.3 Å². The predicted molar refractivity (Wildman–Crippen MR) is 117 cm³/mol. The van der Waals surface area contributed by atoms with Crippen LogP contribution in [0.1, 0.15) is 65.8 Å². The summed E-state index contributed by atoms with van der Waals surface area (Å²) in [7, 11) is 0. The number of carbonyl (C=O) groups is 2. The molecule has 0 spiro atoms. The van der Waals surface area contributed by atoms with Crippen LogP contribution in [0.3, 0.4) is 0 Å². The van der Waals surface area contributed by atoms with Gasteiger partial charge in [-0.1, -0.05) is 18.2 Å². The fourth-order valence-corrected chi connectivity index (χ4v) is 3.75. The Bertz CT molecular complexity index is 1200. The molecule has 0 aliphatic heterocycles. The third kappa shape index (κ3) is 5.08. The molecule has 172 valence electrons. The Balaban J connectivity index is 1.60. The highest BCUT2D eigenvalue weighted by Gasteiger charge is 2.34. The number of nitrogens with zero attached hydrogens (tertiary/aromatic N) is 2. The molecule has 6 nitrogen and oxygen atoms in total. The van der Waals surface area contributed by atoms with Crippen molar-refractivity contribution in [3.63, 3.8) is 0 Å². The fraction of sp³-hybridized carbons (Fsp3) is 0.292. The third-order valence-electron chi connectivity index (χ3n) is 5.49. The zero-order chi connectivity index (χ0) is 23.8. The van der Waals surface area contributed by atoms with Crippen molar-refractivity contribution in [1.82, 2.24) is 15.1 Å². The molecule has 2 amide bonds. The molecule has 0 bridgehead atoms. The van der Waals surface area contributed by atoms with E-state index in [9.17, 15) is 22.8 Å². The van der Waals surface area contributed by atoms with E-state index in [1.165, 1.54) is 23.9 Å². The lowest BCUT2D eigenvalue weighted by atomic mass is 10.1. The zero-order valence-electron chi connectivity index (χ0n) is 18.1. The van der Waals surface area contributed by atoms with Gasteiger partial charge in [-0.3, -0.25) is 9.59 Å². The second-order valence-corrected chi connectivity index (χ2v) is 8.18. The molecule has 1 aliphatic carbocycles. The number of carbonyl (C=O) groups excluding carboxylic acids is 2. The highest BCUT2D eigenvalue weighted by Crippen LogP contribution is 2.43. The van der Waals surface area contributed by atoms with E-state index in [0.29, 0.717) is 16.9 Å². The van der Waals surface area contributed by atoms with Crippen molar-refractivity contribution >= 4 is 17.5 Å². The molecule has 2 N–H and O–H groups in total. The van der Waals surface area contributed by atoms with Crippen LogP contribution in [0.2, 0.25) is 0 Å². The lowest BCUT2D eigenvalue weighted by molar-refractivity contribution is -0.137. The maximum absolute atomic E-state index is 13.2. The van der Waals surface area contributed by atoms with Crippen LogP contribution in [-0.4, -0.2) is 21.6 Å². The lowest BCUT2D eigenvalue weighted by Gasteiger charge is -2.16. The Labute approximate surface area is 188 Å². The number of hydrogen-bond donors (Lipinski definition) is 2. The number of anilines is 1. The predicted octanol–water partition coefficient (Wildman–Crippen LogP) is 5.22. The van der Waals surface area contributed by atoms with Gasteiger partial charge in [-0.15, -0.1) is 0 Å². The molecule has 1 saturated carbocycles. The monoisotopic (exact) mass is 456 g/mol. The van der Waals surface area contributed by atoms with E-state index in [4.69, 9.17) is 0 Å². The number of hydrogen-bond acceptors (Lipinski definition) is 3. The summed E-state index contributed by atoms with van der Waals surface area (Å²) in [4.78, 5) is 24.4. The molecule has 3 aromatic rings. The maximum Gasteiger partial charge on any atom is 0.416 e. The van der Waals surface area contributed by atoms with Crippen LogP contribution in [-0.2, 0) is 11.0 Å². The first-order chi connectivity index (χ1) is 15.6. The van der Waals surface area contributed by atoms with Gasteiger partial charge in [0.15, 0.2) is 0 Å². The van der Waals surface area contributed by atoms with Gasteiger partial charge in [-0.25, -0.2) is 4.68 Å². The summed E-state index contributed by atoms with van der Waals surface area (Å²) in [5.41, 5.74) is 1.88. The smallest absolute Gasteiger partial charge is 0.345 e. The number of alkyl halides is 3. The number of halogens is 3. The molecule has 33 heavy (non-hydrogen) atoms. The molecule has 1 aromatic heterocycles. The van der Waals surface area contributed by atoms with Crippen molar-refractivity contribution in [3.05, 3.63) is 77.1 Å². The van der Waals surface area contributed by atoms with Gasteiger partial charge in [0.2, 0.25) is 5.91 Å². The fourth-order valence-electron chi connectivity index (χ4n) is 3.75. The van der Waals surface area contributed by atoms with Crippen molar-refractivity contribution in [1.29, 1.82) is 0 Å². The molecule has 0 radical (unpaired) electrons. The summed E-state index contributed by atoms with van der Waals surface area (Å²) >= 11 is 0. The number of aromatic nitrogens is 2. The van der Waals surface area contributed by atoms with Crippen molar-refractivity contribution in [2.45, 2.75) is 44.8 Å². The summed E-state index contributed by atoms with van der Waals surface area (Å²) < 4.78 is 41.0. The molecule has 1 atom stereocenters. The minimum atomic E-state index is -4.47. The van der Waals surface area contributed by atoms with Crippen molar-refractivity contribution in [2.75, 3.05) is 5.32 Å². The first kappa shape index (κ1) is 22.6. The minimum Gasteiger partial charge on any atom is -0.345 e. The number of nitrogens with one attached hydrogen (secondary N) is 2. The molecule has 1 unspecified atom stereocenters. The molecular weight excluding hydrogens is 433 g/mol. The Hall–Kier alpha value is -3.62. The standard InChI is InChI=1S/C24H23F3N4O2/c1-14(17-5-3-7-19(11-17)30-15(2)32)29-23(33)21-13-28-31(22(21)16-9-10-16)20-8-4-6-18(12-20)24(25,26)27/h3-8,11-14,16H,9-10H2,1-2H3,(H,29,33)(H,30,32). The van der Waals surface area contributed by atoms with Crippen molar-refractivity contribution < 1.29 is 22.8 Å². The van der Waals surface area contributed by atoms with Crippen LogP contribution in [0.25, 0.3) is 5.69 Å². The molecule has 0 saturated heterocycles. The first-order valence-electron chi connectivity index (χ1n) is 10.6. The summed E-state index contributed by atoms with van der Waals surface area (Å²) in [6, 6.07) is 11.7. The topological polar surface area (TPSA) is 76.0 Å². The van der Waals surface area contributed by atoms with E-state index in [2.05, 4.69) is 15.7 Å². The number of benzene rings is 2. The summed E-state index contributed by atoms with van der Waals surface area (Å²) in [6.45, 7) is 3.23. The van der Waals surface area contributed by atoms with Crippen LogP contribution >= 0.6 is 0 Å². The summed E-state index contributed by atoms with van der Waals surface area (Å²) in [6.07, 6.45) is -1.37. The highest BCUT2D eigenvalue weighted by atomic mass is 19.4. The average Bonchev–Trinajstić information content (AvgIpc) is 3.50. The zero-order valence-corrected chi connectivity index (χ0v) is 18.1. The first-order valence-corrected chi connectivity index (χ1v) is 10.6. The van der Waals surface area contributed by atoms with Crippen LogP contribution in [0.15, 0.2) is 54.7 Å². The second kappa shape index (κ2) is 8.73. The molecular formula is C24H23F3N4O2. The molecule has 4 rings (SSSR count). The lowest BCUT2D eigenvalue weighted by Crippen LogP contribution is -2.27. The van der Waals surface area contributed by atoms with Crippen molar-refractivity contribution in [2.24, 2.45) is 0 Å². The summed E-state index contributed by atoms with van der Waals surface area (Å²) in [5, 5.41) is 9.90. The van der Waals surface area contributed by atoms with Crippen molar-refractivity contribution in [3.8, 4) is 5.69 Å². The van der Waals surface area contributed by atoms with Gasteiger partial charge in [0, 0.05) is 18.5 Å². The Morgan fingerprint density at radius 1 is 1.12 bits per heavy atom. The van der Waals surface area contributed by atoms with Crippen LogP contribution in [0.4, 0.5) is 18.9 Å². The van der Waals surface area contributed by atoms with Gasteiger partial charge in [-0.2, -0.15) is 18.3 Å². The Morgan fingerprint density at radius 2 is 1.85 bits per heavy atom. The van der Waals surface area contributed by atoms with E-state index in [1.807, 2.05) is 13.0 Å². The average molecular weight is 456 g/mol. The largest absolute Gasteiger partial charge is 0.416 e. The minimum absolute atomic E-state index is 0.0705. The molecule has 9 heteroatoms. The number of rotatable bonds is 6. The van der Waals surface area contributed by atoms with Gasteiger partial charge >= 0.3 is 6.18 Å². The van der Waals surface area contributed by atoms with Gasteiger partial charge in [0.1, 0.15) is 0 Å². The molecule has 1 aliphatic rings. The Kier molecular flexibility index (Phi) is 5.97. The van der Waals surface area contributed by atoms with Crippen LogP contribution in [0, 0.1) is 0 Å². The summed E-state index contributed by atoms with van der Waals surface area (Å²) in [5.74, 6) is -0.478. The quantitative estimate of drug-likeness (QED) is 0.534. The molecule has 2 aromatic carbocycles. The van der Waals surface area contributed by atoms with E-state index in [-0.39, 0.29) is 29.5 Å². The molecule has 1 heterocycles. The van der Waals surface area contributed by atoms with E-state index >= 15 is 0 Å². The van der Waals surface area contributed by atoms with Crippen LogP contribution < -0.4 is 10.6 Å². The van der Waals surface area contributed by atoms with Gasteiger partial charge in [0.25, 0.3) is 5.91 Å². The SMILES string of the molecule is CC(=O)Nc1cccc(C(C)NC(=O)c2cnn(-c3cccc(C(F)(F)F)c3)c2C2CC2)c1. The molecule has 1 fully saturated rings. The van der Waals surface area contributed by atoms with Gasteiger partial charge < -0.3 is 10.6 Å². The highest BCUT2D eigenvalue weighted by molar-refractivity contribution is 5.96.